The van der Waals surface area contributed by atoms with E-state index >= 15 is 0 Å². The van der Waals surface area contributed by atoms with Crippen LogP contribution in [0.25, 0.3) is 0 Å². The molecule has 0 heterocycles. The maximum atomic E-state index is 5.46. The van der Waals surface area contributed by atoms with Gasteiger partial charge >= 0.3 is 0 Å². The van der Waals surface area contributed by atoms with E-state index in [1.807, 2.05) is 19.2 Å². The fourth-order valence-corrected chi connectivity index (χ4v) is 2.86. The van der Waals surface area contributed by atoms with Gasteiger partial charge in [0.25, 0.3) is 0 Å². The molecule has 3 nitrogen and oxygen atoms in total. The summed E-state index contributed by atoms with van der Waals surface area (Å²) in [5.41, 5.74) is 1.27. The van der Waals surface area contributed by atoms with Gasteiger partial charge in [0.2, 0.25) is 0 Å². The third-order valence-electron chi connectivity index (χ3n) is 3.98. The van der Waals surface area contributed by atoms with Crippen LogP contribution in [0.15, 0.2) is 24.3 Å². The first kappa shape index (κ1) is 14.4. The minimum atomic E-state index is 0.442. The minimum absolute atomic E-state index is 0.442. The Balaban J connectivity index is 1.77. The van der Waals surface area contributed by atoms with Gasteiger partial charge in [0.1, 0.15) is 5.75 Å². The summed E-state index contributed by atoms with van der Waals surface area (Å²) in [5.74, 6) is 0.989. The molecule has 2 atom stereocenters. The van der Waals surface area contributed by atoms with Crippen LogP contribution in [0.4, 0.5) is 0 Å². The molecule has 1 saturated carbocycles. The zero-order chi connectivity index (χ0) is 13.5. The highest BCUT2D eigenvalue weighted by Gasteiger charge is 2.20. The summed E-state index contributed by atoms with van der Waals surface area (Å²) < 4.78 is 10.8. The van der Waals surface area contributed by atoms with E-state index in [9.17, 15) is 0 Å². The highest BCUT2D eigenvalue weighted by molar-refractivity contribution is 5.33. The molecule has 1 aliphatic rings. The number of para-hydroxylation sites is 1. The lowest BCUT2D eigenvalue weighted by atomic mass is 9.93. The van der Waals surface area contributed by atoms with E-state index < -0.39 is 0 Å². The topological polar surface area (TPSA) is 30.5 Å². The fraction of sp³-hybridized carbons (Fsp3) is 0.625. The van der Waals surface area contributed by atoms with Crippen LogP contribution in [0.5, 0.6) is 5.75 Å². The molecule has 2 rings (SSSR count). The highest BCUT2D eigenvalue weighted by Crippen LogP contribution is 2.21. The Labute approximate surface area is 116 Å². The van der Waals surface area contributed by atoms with Crippen molar-refractivity contribution in [2.75, 3.05) is 20.8 Å². The first-order chi connectivity index (χ1) is 9.33. The van der Waals surface area contributed by atoms with Gasteiger partial charge in [0.15, 0.2) is 0 Å². The summed E-state index contributed by atoms with van der Waals surface area (Å²) in [5, 5.41) is 3.65. The van der Waals surface area contributed by atoms with Gasteiger partial charge in [-0.3, -0.25) is 0 Å². The second-order valence-electron chi connectivity index (χ2n) is 5.24. The van der Waals surface area contributed by atoms with Crippen molar-refractivity contribution in [2.45, 2.75) is 44.2 Å². The maximum absolute atomic E-state index is 5.46. The van der Waals surface area contributed by atoms with Crippen molar-refractivity contribution < 1.29 is 9.47 Å². The van der Waals surface area contributed by atoms with E-state index in [1.165, 1.54) is 24.8 Å². The van der Waals surface area contributed by atoms with E-state index in [2.05, 4.69) is 17.4 Å². The normalized spacial score (nSPS) is 23.3. The van der Waals surface area contributed by atoms with E-state index in [1.54, 1.807) is 7.11 Å². The SMILES string of the molecule is COc1ccccc1CCNC1CCCC(OC)C1. The van der Waals surface area contributed by atoms with Gasteiger partial charge in [-0.25, -0.2) is 0 Å². The van der Waals surface area contributed by atoms with E-state index in [-0.39, 0.29) is 0 Å². The lowest BCUT2D eigenvalue weighted by Crippen LogP contribution is -2.37. The lowest BCUT2D eigenvalue weighted by Gasteiger charge is -2.29. The Bertz CT molecular complexity index is 381. The van der Waals surface area contributed by atoms with Gasteiger partial charge in [-0.1, -0.05) is 18.2 Å². The summed E-state index contributed by atoms with van der Waals surface area (Å²) in [6, 6.07) is 8.85. The predicted octanol–water partition coefficient (Wildman–Crippen LogP) is 2.78. The minimum Gasteiger partial charge on any atom is -0.496 e. The van der Waals surface area contributed by atoms with Crippen LogP contribution in [0, 0.1) is 0 Å². The molecule has 1 N–H and O–H groups in total. The van der Waals surface area contributed by atoms with E-state index in [0.29, 0.717) is 12.1 Å². The van der Waals surface area contributed by atoms with Crippen molar-refractivity contribution in [1.29, 1.82) is 0 Å². The first-order valence-electron chi connectivity index (χ1n) is 7.21. The van der Waals surface area contributed by atoms with Crippen molar-refractivity contribution in [1.82, 2.24) is 5.32 Å². The summed E-state index contributed by atoms with van der Waals surface area (Å²) >= 11 is 0. The molecule has 0 aromatic heterocycles. The molecule has 0 aliphatic heterocycles. The molecule has 1 aromatic carbocycles. The molecule has 1 aliphatic carbocycles. The van der Waals surface area contributed by atoms with Crippen LogP contribution in [-0.2, 0) is 11.2 Å². The number of methoxy groups -OCH3 is 2. The highest BCUT2D eigenvalue weighted by atomic mass is 16.5. The molecule has 0 bridgehead atoms. The number of rotatable bonds is 6. The molecule has 1 fully saturated rings. The second kappa shape index (κ2) is 7.51. The number of benzene rings is 1. The van der Waals surface area contributed by atoms with Crippen LogP contribution in [-0.4, -0.2) is 32.9 Å². The second-order valence-corrected chi connectivity index (χ2v) is 5.24. The Kier molecular flexibility index (Phi) is 5.67. The van der Waals surface area contributed by atoms with Gasteiger partial charge in [0, 0.05) is 13.2 Å². The monoisotopic (exact) mass is 263 g/mol. The average Bonchev–Trinajstić information content (AvgIpc) is 2.48. The average molecular weight is 263 g/mol. The molecule has 19 heavy (non-hydrogen) atoms. The number of ether oxygens (including phenoxy) is 2. The Hall–Kier alpha value is -1.06. The zero-order valence-corrected chi connectivity index (χ0v) is 12.0. The molecule has 2 unspecified atom stereocenters. The maximum Gasteiger partial charge on any atom is 0.122 e. The summed E-state index contributed by atoms with van der Waals surface area (Å²) in [6.45, 7) is 1.00. The van der Waals surface area contributed by atoms with Crippen molar-refractivity contribution in [3.63, 3.8) is 0 Å². The fourth-order valence-electron chi connectivity index (χ4n) is 2.86. The molecular formula is C16H25NO2. The third-order valence-corrected chi connectivity index (χ3v) is 3.98. The van der Waals surface area contributed by atoms with Crippen molar-refractivity contribution in [2.24, 2.45) is 0 Å². The summed E-state index contributed by atoms with van der Waals surface area (Å²) in [4.78, 5) is 0. The van der Waals surface area contributed by atoms with Gasteiger partial charge < -0.3 is 14.8 Å². The van der Waals surface area contributed by atoms with Crippen LogP contribution >= 0.6 is 0 Å². The molecule has 1 aromatic rings. The van der Waals surface area contributed by atoms with Crippen molar-refractivity contribution >= 4 is 0 Å². The van der Waals surface area contributed by atoms with Crippen LogP contribution in [0.1, 0.15) is 31.2 Å². The number of hydrogen-bond donors (Lipinski definition) is 1. The zero-order valence-electron chi connectivity index (χ0n) is 12.0. The molecule has 0 amide bonds. The largest absolute Gasteiger partial charge is 0.496 e. The van der Waals surface area contributed by atoms with Gasteiger partial charge in [-0.2, -0.15) is 0 Å². The van der Waals surface area contributed by atoms with Crippen molar-refractivity contribution in [3.8, 4) is 5.75 Å². The molecule has 0 saturated heterocycles. The summed E-state index contributed by atoms with van der Waals surface area (Å²) in [7, 11) is 3.55. The van der Waals surface area contributed by atoms with Crippen LogP contribution in [0.3, 0.4) is 0 Å². The quantitative estimate of drug-likeness (QED) is 0.856. The lowest BCUT2D eigenvalue weighted by molar-refractivity contribution is 0.0590. The first-order valence-corrected chi connectivity index (χ1v) is 7.21. The predicted molar refractivity (Wildman–Crippen MR) is 77.8 cm³/mol. The van der Waals surface area contributed by atoms with Crippen LogP contribution in [0.2, 0.25) is 0 Å². The third kappa shape index (κ3) is 4.22. The van der Waals surface area contributed by atoms with Gasteiger partial charge in [-0.15, -0.1) is 0 Å². The Morgan fingerprint density at radius 2 is 2.05 bits per heavy atom. The Morgan fingerprint density at radius 1 is 1.21 bits per heavy atom. The molecule has 3 heteroatoms. The van der Waals surface area contributed by atoms with Crippen molar-refractivity contribution in [3.05, 3.63) is 29.8 Å². The smallest absolute Gasteiger partial charge is 0.122 e. The molecular weight excluding hydrogens is 238 g/mol. The van der Waals surface area contributed by atoms with Crippen LogP contribution < -0.4 is 10.1 Å². The Morgan fingerprint density at radius 3 is 2.84 bits per heavy atom. The van der Waals surface area contributed by atoms with Gasteiger partial charge in [-0.05, 0) is 50.3 Å². The molecule has 106 valence electrons. The summed E-state index contributed by atoms with van der Waals surface area (Å²) in [6.07, 6.45) is 6.34. The van der Waals surface area contributed by atoms with E-state index in [4.69, 9.17) is 9.47 Å². The standard InChI is InChI=1S/C16H25NO2/c1-18-15-8-5-7-14(12-15)17-11-10-13-6-3-4-9-16(13)19-2/h3-4,6,9,14-15,17H,5,7-8,10-12H2,1-2H3. The molecule has 0 spiro atoms. The van der Waals surface area contributed by atoms with Gasteiger partial charge in [0.05, 0.1) is 13.2 Å². The molecule has 0 radical (unpaired) electrons. The number of nitrogens with one attached hydrogen (secondary N) is 1. The number of hydrogen-bond acceptors (Lipinski definition) is 3. The van der Waals surface area contributed by atoms with E-state index in [0.717, 1.165) is 25.1 Å².